The Morgan fingerprint density at radius 1 is 1.25 bits per heavy atom. The summed E-state index contributed by atoms with van der Waals surface area (Å²) in [4.78, 5) is 0. The van der Waals surface area contributed by atoms with Gasteiger partial charge in [0, 0.05) is 0 Å². The Labute approximate surface area is 101 Å². The Hall–Kier alpha value is 0.0700. The normalized spacial score (nSPS) is 29.0. The van der Waals surface area contributed by atoms with Crippen molar-refractivity contribution in [2.45, 2.75) is 76.3 Å². The Kier molecular flexibility index (Phi) is 5.41. The number of hydrogen-bond acceptors (Lipinski definition) is 2. The van der Waals surface area contributed by atoms with E-state index in [1.807, 2.05) is 0 Å². The number of hydrogen-bond donors (Lipinski definition) is 1. The quantitative estimate of drug-likeness (QED) is 0.760. The molecule has 0 amide bonds. The van der Waals surface area contributed by atoms with E-state index in [2.05, 4.69) is 20.8 Å². The van der Waals surface area contributed by atoms with Crippen LogP contribution in [0.2, 0.25) is 0 Å². The molecule has 0 aliphatic heterocycles. The van der Waals surface area contributed by atoms with E-state index < -0.39 is 11.1 Å². The summed E-state index contributed by atoms with van der Waals surface area (Å²) >= 11 is -1.65. The van der Waals surface area contributed by atoms with Gasteiger partial charge in [-0.3, -0.25) is 0 Å². The summed E-state index contributed by atoms with van der Waals surface area (Å²) in [6, 6.07) is 0. The van der Waals surface area contributed by atoms with Crippen molar-refractivity contribution in [3.63, 3.8) is 0 Å². The fraction of sp³-hybridized carbons (Fsp3) is 1.00. The van der Waals surface area contributed by atoms with Crippen LogP contribution in [0.5, 0.6) is 0 Å². The highest BCUT2D eigenvalue weighted by atomic mass is 32.2. The molecule has 1 N–H and O–H groups in total. The van der Waals surface area contributed by atoms with Crippen molar-refractivity contribution < 1.29 is 13.5 Å². The average Bonchev–Trinajstić information content (AvgIpc) is 2.29. The van der Waals surface area contributed by atoms with Gasteiger partial charge in [-0.1, -0.05) is 13.8 Å². The van der Waals surface area contributed by atoms with Gasteiger partial charge in [0.25, 0.3) is 0 Å². The van der Waals surface area contributed by atoms with Gasteiger partial charge in [0.15, 0.2) is 11.1 Å². The van der Waals surface area contributed by atoms with Crippen LogP contribution in [0, 0.1) is 0 Å². The predicted octanol–water partition coefficient (Wildman–Crippen LogP) is 3.11. The number of rotatable bonds is 5. The molecule has 4 heteroatoms. The van der Waals surface area contributed by atoms with E-state index >= 15 is 0 Å². The van der Waals surface area contributed by atoms with Crippen molar-refractivity contribution in [1.29, 1.82) is 0 Å². The van der Waals surface area contributed by atoms with Crippen molar-refractivity contribution in [3.8, 4) is 0 Å². The summed E-state index contributed by atoms with van der Waals surface area (Å²) in [7, 11) is 0. The smallest absolute Gasteiger partial charge is 0.155 e. The standard InChI is InChI=1S/C12H24O3S/c1-4-12(3,5-2)15-10-6-8-11(9-7-10)16(13)14/h10-11H,4-9H2,1-3H3,(H,13,14). The van der Waals surface area contributed by atoms with Crippen molar-refractivity contribution in [2.24, 2.45) is 0 Å². The van der Waals surface area contributed by atoms with Crippen LogP contribution in [-0.2, 0) is 15.8 Å². The second kappa shape index (κ2) is 6.12. The molecule has 0 bridgehead atoms. The van der Waals surface area contributed by atoms with Crippen LogP contribution < -0.4 is 0 Å². The minimum absolute atomic E-state index is 0.0180. The Balaban J connectivity index is 2.40. The summed E-state index contributed by atoms with van der Waals surface area (Å²) in [5.74, 6) is 0. The zero-order chi connectivity index (χ0) is 12.2. The third-order valence-electron chi connectivity index (χ3n) is 3.85. The third-order valence-corrected chi connectivity index (χ3v) is 4.90. The molecule has 96 valence electrons. The molecule has 1 atom stereocenters. The van der Waals surface area contributed by atoms with Gasteiger partial charge in [-0.25, -0.2) is 4.21 Å². The maximum atomic E-state index is 10.9. The third kappa shape index (κ3) is 3.82. The average molecular weight is 248 g/mol. The van der Waals surface area contributed by atoms with E-state index in [9.17, 15) is 4.21 Å². The molecule has 1 fully saturated rings. The molecule has 0 spiro atoms. The molecule has 1 aliphatic rings. The molecule has 16 heavy (non-hydrogen) atoms. The van der Waals surface area contributed by atoms with Gasteiger partial charge in [0.1, 0.15) is 0 Å². The molecule has 0 aromatic carbocycles. The van der Waals surface area contributed by atoms with E-state index in [0.717, 1.165) is 38.5 Å². The van der Waals surface area contributed by atoms with Crippen molar-refractivity contribution in [1.82, 2.24) is 0 Å². The molecule has 0 saturated heterocycles. The zero-order valence-corrected chi connectivity index (χ0v) is 11.4. The van der Waals surface area contributed by atoms with Crippen LogP contribution in [0.1, 0.15) is 59.3 Å². The van der Waals surface area contributed by atoms with E-state index in [1.54, 1.807) is 0 Å². The van der Waals surface area contributed by atoms with Gasteiger partial charge in [-0.05, 0) is 45.4 Å². The van der Waals surface area contributed by atoms with Crippen molar-refractivity contribution in [3.05, 3.63) is 0 Å². The van der Waals surface area contributed by atoms with Gasteiger partial charge in [0.05, 0.1) is 17.0 Å². The van der Waals surface area contributed by atoms with Crippen LogP contribution in [0.3, 0.4) is 0 Å². The minimum atomic E-state index is -1.65. The van der Waals surface area contributed by atoms with Crippen LogP contribution in [0.4, 0.5) is 0 Å². The topological polar surface area (TPSA) is 46.5 Å². The first-order valence-corrected chi connectivity index (χ1v) is 7.45. The minimum Gasteiger partial charge on any atom is -0.372 e. The lowest BCUT2D eigenvalue weighted by atomic mass is 9.94. The van der Waals surface area contributed by atoms with Crippen LogP contribution >= 0.6 is 0 Å². The van der Waals surface area contributed by atoms with Gasteiger partial charge in [0.2, 0.25) is 0 Å². The van der Waals surface area contributed by atoms with Crippen molar-refractivity contribution in [2.75, 3.05) is 0 Å². The highest BCUT2D eigenvalue weighted by Gasteiger charge is 2.30. The van der Waals surface area contributed by atoms with E-state index in [1.165, 1.54) is 0 Å². The molecule has 0 heterocycles. The summed E-state index contributed by atoms with van der Waals surface area (Å²) in [6.45, 7) is 6.46. The van der Waals surface area contributed by atoms with Crippen LogP contribution in [0.15, 0.2) is 0 Å². The van der Waals surface area contributed by atoms with Crippen LogP contribution in [0.25, 0.3) is 0 Å². The lowest BCUT2D eigenvalue weighted by Gasteiger charge is -2.35. The molecule has 1 saturated carbocycles. The van der Waals surface area contributed by atoms with Crippen LogP contribution in [-0.4, -0.2) is 25.7 Å². The Morgan fingerprint density at radius 3 is 2.12 bits per heavy atom. The first kappa shape index (κ1) is 14.1. The fourth-order valence-corrected chi connectivity index (χ4v) is 2.85. The van der Waals surface area contributed by atoms with Gasteiger partial charge >= 0.3 is 0 Å². The molecule has 1 unspecified atom stereocenters. The lowest BCUT2D eigenvalue weighted by molar-refractivity contribution is -0.0984. The fourth-order valence-electron chi connectivity index (χ4n) is 2.17. The molecular weight excluding hydrogens is 224 g/mol. The highest BCUT2D eigenvalue weighted by Crippen LogP contribution is 2.30. The molecule has 3 nitrogen and oxygen atoms in total. The summed E-state index contributed by atoms with van der Waals surface area (Å²) in [6.07, 6.45) is 5.81. The van der Waals surface area contributed by atoms with Gasteiger partial charge < -0.3 is 9.29 Å². The Bertz CT molecular complexity index is 230. The second-order valence-electron chi connectivity index (χ2n) is 4.95. The van der Waals surface area contributed by atoms with Gasteiger partial charge in [-0.2, -0.15) is 0 Å². The van der Waals surface area contributed by atoms with E-state index in [-0.39, 0.29) is 17.0 Å². The molecule has 0 aromatic rings. The first-order chi connectivity index (χ1) is 7.50. The molecule has 0 aromatic heterocycles. The molecular formula is C12H24O3S. The maximum Gasteiger partial charge on any atom is 0.155 e. The summed E-state index contributed by atoms with van der Waals surface area (Å²) < 4.78 is 26.1. The van der Waals surface area contributed by atoms with E-state index in [0.29, 0.717) is 0 Å². The lowest BCUT2D eigenvalue weighted by Crippen LogP contribution is -2.36. The summed E-state index contributed by atoms with van der Waals surface area (Å²) in [5, 5.41) is -0.0330. The first-order valence-electron chi connectivity index (χ1n) is 6.28. The highest BCUT2D eigenvalue weighted by molar-refractivity contribution is 7.79. The van der Waals surface area contributed by atoms with E-state index in [4.69, 9.17) is 9.29 Å². The van der Waals surface area contributed by atoms with Crippen molar-refractivity contribution >= 4 is 11.1 Å². The SMILES string of the molecule is CCC(C)(CC)OC1CCC(S(=O)O)CC1. The van der Waals surface area contributed by atoms with Gasteiger partial charge in [-0.15, -0.1) is 0 Å². The maximum absolute atomic E-state index is 10.9. The molecule has 0 radical (unpaired) electrons. The Morgan fingerprint density at radius 2 is 1.75 bits per heavy atom. The second-order valence-corrected chi connectivity index (χ2v) is 6.17. The zero-order valence-electron chi connectivity index (χ0n) is 10.6. The largest absolute Gasteiger partial charge is 0.372 e. The molecule has 1 rings (SSSR count). The molecule has 1 aliphatic carbocycles. The summed E-state index contributed by atoms with van der Waals surface area (Å²) in [5.41, 5.74) is -0.0180. The predicted molar refractivity (Wildman–Crippen MR) is 66.9 cm³/mol. The number of ether oxygens (including phenoxy) is 1. The monoisotopic (exact) mass is 248 g/mol.